The molecule has 0 unspecified atom stereocenters. The normalized spacial score (nSPS) is 31.4. The molecule has 1 saturated carbocycles. The monoisotopic (exact) mass is 764 g/mol. The molecule has 43 heavy (non-hydrogen) atoms. The van der Waals surface area contributed by atoms with Gasteiger partial charge in [0.25, 0.3) is 0 Å². The summed E-state index contributed by atoms with van der Waals surface area (Å²) in [4.78, 5) is 15.7. The van der Waals surface area contributed by atoms with Gasteiger partial charge in [-0.15, -0.1) is 73.8 Å². The molecule has 4 aliphatic rings. The van der Waals surface area contributed by atoms with E-state index in [1.165, 1.54) is 38.5 Å². The van der Waals surface area contributed by atoms with E-state index in [9.17, 15) is 4.20 Å². The molecule has 0 bridgehead atoms. The van der Waals surface area contributed by atoms with Crippen LogP contribution in [-0.4, -0.2) is 110 Å². The molecule has 0 amide bonds. The number of aromatic nitrogens is 3. The zero-order valence-corrected chi connectivity index (χ0v) is 29.7. The van der Waals surface area contributed by atoms with E-state index in [0.29, 0.717) is 0 Å². The van der Waals surface area contributed by atoms with Gasteiger partial charge in [-0.2, -0.15) is 0 Å². The van der Waals surface area contributed by atoms with Crippen LogP contribution in [0.1, 0.15) is 38.5 Å². The molecule has 4 fully saturated rings. The van der Waals surface area contributed by atoms with E-state index in [2.05, 4.69) is 30.4 Å². The van der Waals surface area contributed by atoms with Crippen LogP contribution in [0.2, 0.25) is 0 Å². The summed E-state index contributed by atoms with van der Waals surface area (Å²) in [7, 11) is -7.60. The molecule has 3 aliphatic heterocycles. The number of fused-ring (bicyclic) bond motifs is 1. The molecule has 1 aromatic heterocycles. The molecule has 10 nitrogen and oxygen atoms in total. The van der Waals surface area contributed by atoms with Crippen LogP contribution in [0.15, 0.2) is 24.3 Å². The number of para-hydroxylation sites is 1. The molecule has 0 radical (unpaired) electrons. The fourth-order valence-corrected chi connectivity index (χ4v) is 12.8. The molecule has 19 heteroatoms. The fourth-order valence-electron chi connectivity index (χ4n) is 5.88. The van der Waals surface area contributed by atoms with Crippen molar-refractivity contribution in [2.24, 2.45) is 0 Å². The molecule has 2 aromatic rings. The number of hydrogen-bond donors (Lipinski definition) is 2. The van der Waals surface area contributed by atoms with Crippen LogP contribution < -0.4 is 4.62 Å². The van der Waals surface area contributed by atoms with Crippen LogP contribution in [0.5, 0.6) is 0 Å². The second kappa shape index (κ2) is 16.1. The van der Waals surface area contributed by atoms with Crippen molar-refractivity contribution in [3.8, 4) is 0 Å². The molecule has 0 spiro atoms. The first-order valence-corrected chi connectivity index (χ1v) is 20.1. The van der Waals surface area contributed by atoms with E-state index < -0.39 is 48.1 Å². The second-order valence-corrected chi connectivity index (χ2v) is 18.0. The minimum absolute atomic E-state index is 0.437. The van der Waals surface area contributed by atoms with E-state index in [4.69, 9.17) is 88.6 Å². The number of rotatable bonds is 5. The Balaban J connectivity index is 0.000000208. The summed E-state index contributed by atoms with van der Waals surface area (Å²) in [5, 5.41) is 6.11. The van der Waals surface area contributed by atoms with E-state index in [1.807, 2.05) is 18.2 Å². The summed E-state index contributed by atoms with van der Waals surface area (Å²) < 4.78 is 34.0. The molecular weight excluding hydrogens is 730 g/mol. The Kier molecular flexibility index (Phi) is 13.6. The first kappa shape index (κ1) is 36.4. The van der Waals surface area contributed by atoms with E-state index in [0.717, 1.165) is 50.3 Å². The number of halogens is 7. The summed E-state index contributed by atoms with van der Waals surface area (Å²) >= 11 is 35.3. The van der Waals surface area contributed by atoms with Gasteiger partial charge in [0.15, 0.2) is 0 Å². The SMILES string of the molecule is Cl[C@H]1[C@H](Cl)[C@@H](Cl)[C@@H](Cl)[C@H](Cl)[C@H]1Cl.O=P(O)(O)F.c1ccc2c(c1)nnn2O[PH](N1CCCC1)(N1CCCC1)N1CCCC1. The van der Waals surface area contributed by atoms with Crippen LogP contribution in [0.3, 0.4) is 0 Å². The van der Waals surface area contributed by atoms with Crippen LogP contribution >= 0.6 is 85.5 Å². The van der Waals surface area contributed by atoms with Gasteiger partial charge in [0.05, 0.1) is 32.3 Å². The Morgan fingerprint density at radius 2 is 1.05 bits per heavy atom. The van der Waals surface area contributed by atoms with Crippen LogP contribution in [0.25, 0.3) is 11.0 Å². The second-order valence-electron chi connectivity index (χ2n) is 10.8. The molecule has 1 aromatic carbocycles. The standard InChI is InChI=1S/C18H29N6OP.C6H6Cl6.FH2O3P/c1-2-10-18-17(9-1)19-20-24(18)25-26(21-11-3-4-12-21,22-13-5-6-14-22)23-15-7-8-16-23;7-1-2(8)4(10)6(12)5(11)3(1)9;1-5(2,3)4/h1-2,9-10,26H,3-8,11-16H2;1-6H;(H2,2,3,4)/t;1-,2-,3-,4+,5+,6+;. The maximum atomic E-state index is 10.4. The van der Waals surface area contributed by atoms with Crippen LogP contribution in [0, 0.1) is 0 Å². The molecule has 3 saturated heterocycles. The van der Waals surface area contributed by atoms with Gasteiger partial charge >= 0.3 is 163 Å². The third kappa shape index (κ3) is 8.92. The van der Waals surface area contributed by atoms with Gasteiger partial charge in [-0.1, -0.05) is 0 Å². The van der Waals surface area contributed by atoms with Crippen molar-refractivity contribution < 1.29 is 23.2 Å². The van der Waals surface area contributed by atoms with Gasteiger partial charge in [0.2, 0.25) is 0 Å². The van der Waals surface area contributed by atoms with E-state index in [-0.39, 0.29) is 0 Å². The van der Waals surface area contributed by atoms with Crippen molar-refractivity contribution in [1.82, 2.24) is 29.2 Å². The van der Waals surface area contributed by atoms with E-state index in [1.54, 1.807) is 4.85 Å². The average molecular weight is 767 g/mol. The van der Waals surface area contributed by atoms with Gasteiger partial charge in [-0.3, -0.25) is 9.79 Å². The van der Waals surface area contributed by atoms with Crippen LogP contribution in [-0.2, 0) is 4.57 Å². The summed E-state index contributed by atoms with van der Waals surface area (Å²) in [6.45, 7) is 6.87. The van der Waals surface area contributed by atoms with Gasteiger partial charge < -0.3 is 0 Å². The van der Waals surface area contributed by atoms with Crippen molar-refractivity contribution in [2.45, 2.75) is 70.8 Å². The number of nitrogens with zero attached hydrogens (tertiary/aromatic N) is 6. The number of benzene rings is 1. The number of alkyl halides is 6. The van der Waals surface area contributed by atoms with Gasteiger partial charge in [-0.25, -0.2) is 4.57 Å². The molecular formula is C24H37Cl6FN6O4P2. The summed E-state index contributed by atoms with van der Waals surface area (Å²) in [5.41, 5.74) is 1.88. The van der Waals surface area contributed by atoms with Gasteiger partial charge in [0.1, 0.15) is 0 Å². The van der Waals surface area contributed by atoms with Crippen molar-refractivity contribution in [1.29, 1.82) is 0 Å². The summed E-state index contributed by atoms with van der Waals surface area (Å²) in [5.74, 6) is 0. The predicted octanol–water partition coefficient (Wildman–Crippen LogP) is 6.25. The fraction of sp³-hybridized carbons (Fsp3) is 0.750. The molecule has 1 aliphatic carbocycles. The van der Waals surface area contributed by atoms with Crippen molar-refractivity contribution in [3.05, 3.63) is 24.3 Å². The molecule has 2 N–H and O–H groups in total. The summed E-state index contributed by atoms with van der Waals surface area (Å²) in [6, 6.07) is 8.11. The quantitative estimate of drug-likeness (QED) is 0.270. The Hall–Kier alpha value is 0.550. The Bertz CT molecular complexity index is 1110. The van der Waals surface area contributed by atoms with Crippen molar-refractivity contribution >= 4 is 96.5 Å². The third-order valence-corrected chi connectivity index (χ3v) is 16.2. The topological polar surface area (TPSA) is 107 Å². The Morgan fingerprint density at radius 1 is 0.721 bits per heavy atom. The van der Waals surface area contributed by atoms with Crippen LogP contribution in [0.4, 0.5) is 4.20 Å². The first-order valence-electron chi connectivity index (χ1n) is 14.2. The molecule has 6 rings (SSSR count). The van der Waals surface area contributed by atoms with Crippen molar-refractivity contribution in [3.63, 3.8) is 0 Å². The van der Waals surface area contributed by atoms with Gasteiger partial charge in [-0.05, 0) is 0 Å². The average Bonchev–Trinajstić information content (AvgIpc) is 3.80. The zero-order chi connectivity index (χ0) is 31.4. The molecule has 4 heterocycles. The number of hydrogen-bond acceptors (Lipinski definition) is 7. The van der Waals surface area contributed by atoms with Gasteiger partial charge in [0, 0.05) is 0 Å². The minimum atomic E-state index is -5.14. The maximum absolute atomic E-state index is 10.4. The summed E-state index contributed by atoms with van der Waals surface area (Å²) in [6.07, 6.45) is 7.65. The first-order chi connectivity index (χ1) is 20.3. The molecule has 246 valence electrons. The third-order valence-electron chi connectivity index (χ3n) is 7.91. The Labute approximate surface area is 281 Å². The molecule has 0 atom stereocenters. The van der Waals surface area contributed by atoms with E-state index >= 15 is 0 Å². The zero-order valence-electron chi connectivity index (χ0n) is 23.2. The predicted molar refractivity (Wildman–Crippen MR) is 176 cm³/mol. The van der Waals surface area contributed by atoms with Crippen molar-refractivity contribution in [2.75, 3.05) is 39.3 Å². The Morgan fingerprint density at radius 3 is 1.40 bits per heavy atom.